The topological polar surface area (TPSA) is 59.9 Å². The van der Waals surface area contributed by atoms with Crippen LogP contribution < -0.4 is 10.6 Å². The number of rotatable bonds is 7. The second-order valence-corrected chi connectivity index (χ2v) is 8.13. The molecule has 0 spiro atoms. The molecule has 1 heterocycles. The van der Waals surface area contributed by atoms with Crippen LogP contribution in [0.5, 0.6) is 0 Å². The molecule has 0 aliphatic heterocycles. The first kappa shape index (κ1) is 23.6. The molecule has 1 unspecified atom stereocenters. The summed E-state index contributed by atoms with van der Waals surface area (Å²) in [6.07, 6.45) is -0.572. The van der Waals surface area contributed by atoms with Crippen LogP contribution in [-0.4, -0.2) is 43.7 Å². The van der Waals surface area contributed by atoms with Gasteiger partial charge in [-0.15, -0.1) is 35.3 Å². The molecule has 29 heavy (non-hydrogen) atoms. The van der Waals surface area contributed by atoms with Gasteiger partial charge in [0.2, 0.25) is 0 Å². The van der Waals surface area contributed by atoms with Gasteiger partial charge in [0.1, 0.15) is 6.10 Å². The molecule has 7 heteroatoms. The molecule has 0 amide bonds. The Bertz CT molecular complexity index is 908. The van der Waals surface area contributed by atoms with E-state index in [0.29, 0.717) is 19.0 Å². The molecule has 0 saturated carbocycles. The minimum atomic E-state index is -0.572. The van der Waals surface area contributed by atoms with E-state index in [1.165, 1.54) is 21.2 Å². The quantitative estimate of drug-likeness (QED) is 0.249. The summed E-state index contributed by atoms with van der Waals surface area (Å²) in [5, 5.41) is 18.3. The Balaban J connectivity index is 0.00000300. The van der Waals surface area contributed by atoms with Crippen molar-refractivity contribution in [2.45, 2.75) is 19.2 Å². The molecular formula is C22H29IN4OS. The number of halogens is 1. The number of nitrogens with zero attached hydrogens (tertiary/aromatic N) is 2. The highest BCUT2D eigenvalue weighted by Crippen LogP contribution is 2.29. The van der Waals surface area contributed by atoms with E-state index in [0.717, 1.165) is 11.4 Å². The van der Waals surface area contributed by atoms with Crippen molar-refractivity contribution in [2.75, 3.05) is 27.7 Å². The van der Waals surface area contributed by atoms with Gasteiger partial charge >= 0.3 is 0 Å². The average Bonchev–Trinajstić information content (AvgIpc) is 3.13. The monoisotopic (exact) mass is 524 g/mol. The minimum absolute atomic E-state index is 0. The van der Waals surface area contributed by atoms with Gasteiger partial charge in [-0.25, -0.2) is 0 Å². The summed E-state index contributed by atoms with van der Waals surface area (Å²) in [6, 6.07) is 18.6. The molecule has 1 atom stereocenters. The van der Waals surface area contributed by atoms with E-state index >= 15 is 0 Å². The third kappa shape index (κ3) is 6.67. The number of aliphatic imine (C=N–C) groups is 1. The van der Waals surface area contributed by atoms with Crippen LogP contribution in [0.3, 0.4) is 0 Å². The van der Waals surface area contributed by atoms with Gasteiger partial charge in [-0.1, -0.05) is 42.5 Å². The number of aliphatic hydroxyl groups is 1. The fourth-order valence-corrected chi connectivity index (χ4v) is 4.14. The SMILES string of the molecule is CN=C(NCc1ccccc1CN(C)C)NCC(O)c1cc2ccccc2s1.I. The average molecular weight is 524 g/mol. The Labute approximate surface area is 193 Å². The first-order valence-corrected chi connectivity index (χ1v) is 10.2. The highest BCUT2D eigenvalue weighted by atomic mass is 127. The third-order valence-electron chi connectivity index (χ3n) is 4.51. The lowest BCUT2D eigenvalue weighted by atomic mass is 10.1. The first-order valence-electron chi connectivity index (χ1n) is 9.39. The number of thiophene rings is 1. The normalized spacial score (nSPS) is 12.7. The van der Waals surface area contributed by atoms with E-state index in [-0.39, 0.29) is 24.0 Å². The fraction of sp³-hybridized carbons (Fsp3) is 0.318. The zero-order valence-corrected chi connectivity index (χ0v) is 20.2. The predicted octanol–water partition coefficient (Wildman–Crippen LogP) is 3.98. The van der Waals surface area contributed by atoms with E-state index in [9.17, 15) is 5.11 Å². The Morgan fingerprint density at radius 1 is 1.07 bits per heavy atom. The second kappa shape index (κ2) is 11.5. The molecule has 3 rings (SSSR count). The van der Waals surface area contributed by atoms with Crippen LogP contribution in [0.4, 0.5) is 0 Å². The number of guanidine groups is 1. The summed E-state index contributed by atoms with van der Waals surface area (Å²) in [4.78, 5) is 7.40. The fourth-order valence-electron chi connectivity index (χ4n) is 3.09. The van der Waals surface area contributed by atoms with Crippen molar-refractivity contribution in [3.8, 4) is 0 Å². The molecule has 3 N–H and O–H groups in total. The van der Waals surface area contributed by atoms with E-state index in [4.69, 9.17) is 0 Å². The molecule has 156 valence electrons. The largest absolute Gasteiger partial charge is 0.386 e. The summed E-state index contributed by atoms with van der Waals surface area (Å²) in [5.41, 5.74) is 2.53. The van der Waals surface area contributed by atoms with Crippen LogP contribution >= 0.6 is 35.3 Å². The van der Waals surface area contributed by atoms with E-state index in [2.05, 4.69) is 77.1 Å². The molecule has 0 aliphatic carbocycles. The number of hydrogen-bond acceptors (Lipinski definition) is 4. The molecule has 1 aromatic heterocycles. The van der Waals surface area contributed by atoms with Crippen molar-refractivity contribution in [1.82, 2.24) is 15.5 Å². The summed E-state index contributed by atoms with van der Waals surface area (Å²) in [5.74, 6) is 0.680. The Morgan fingerprint density at radius 3 is 2.45 bits per heavy atom. The van der Waals surface area contributed by atoms with Crippen LogP contribution in [0.2, 0.25) is 0 Å². The van der Waals surface area contributed by atoms with E-state index in [1.807, 2.05) is 12.1 Å². The second-order valence-electron chi connectivity index (χ2n) is 7.02. The van der Waals surface area contributed by atoms with Crippen LogP contribution in [0.25, 0.3) is 10.1 Å². The van der Waals surface area contributed by atoms with Crippen molar-refractivity contribution < 1.29 is 5.11 Å². The first-order chi connectivity index (χ1) is 13.6. The lowest BCUT2D eigenvalue weighted by Gasteiger charge is -2.17. The highest BCUT2D eigenvalue weighted by molar-refractivity contribution is 14.0. The summed E-state index contributed by atoms with van der Waals surface area (Å²) < 4.78 is 1.19. The minimum Gasteiger partial charge on any atom is -0.386 e. The van der Waals surface area contributed by atoms with Crippen molar-refractivity contribution in [3.63, 3.8) is 0 Å². The van der Waals surface area contributed by atoms with Gasteiger partial charge in [0.25, 0.3) is 0 Å². The van der Waals surface area contributed by atoms with Gasteiger partial charge in [0, 0.05) is 36.3 Å². The van der Waals surface area contributed by atoms with E-state index < -0.39 is 6.10 Å². The predicted molar refractivity (Wildman–Crippen MR) is 134 cm³/mol. The van der Waals surface area contributed by atoms with Crippen molar-refractivity contribution in [2.24, 2.45) is 4.99 Å². The van der Waals surface area contributed by atoms with Crippen LogP contribution in [0.15, 0.2) is 59.6 Å². The molecule has 0 fully saturated rings. The summed E-state index contributed by atoms with van der Waals surface area (Å²) in [7, 11) is 5.88. The van der Waals surface area contributed by atoms with E-state index in [1.54, 1.807) is 18.4 Å². The molecule has 0 aliphatic rings. The Morgan fingerprint density at radius 2 is 1.76 bits per heavy atom. The molecule has 2 aromatic carbocycles. The maximum absolute atomic E-state index is 10.6. The Kier molecular flexibility index (Phi) is 9.35. The van der Waals surface area contributed by atoms with Gasteiger partial charge in [0.05, 0.1) is 0 Å². The standard InChI is InChI=1S/C22H28N4OS.HI/c1-23-22(24-13-17-9-4-5-10-18(17)15-26(2)3)25-14-19(27)21-12-16-8-6-7-11-20(16)28-21;/h4-12,19,27H,13-15H2,1-3H3,(H2,23,24,25);1H. The molecular weight excluding hydrogens is 495 g/mol. The molecule has 3 aromatic rings. The van der Waals surface area contributed by atoms with Crippen LogP contribution in [0, 0.1) is 0 Å². The van der Waals surface area contributed by atoms with Crippen molar-refractivity contribution in [3.05, 3.63) is 70.6 Å². The van der Waals surface area contributed by atoms with Gasteiger partial charge in [0.15, 0.2) is 5.96 Å². The van der Waals surface area contributed by atoms with Crippen LogP contribution in [0.1, 0.15) is 22.1 Å². The number of fused-ring (bicyclic) bond motifs is 1. The molecule has 0 radical (unpaired) electrons. The number of aliphatic hydroxyl groups excluding tert-OH is 1. The summed E-state index contributed by atoms with van der Waals surface area (Å²) >= 11 is 1.63. The molecule has 0 saturated heterocycles. The smallest absolute Gasteiger partial charge is 0.191 e. The zero-order valence-electron chi connectivity index (χ0n) is 17.1. The number of nitrogens with one attached hydrogen (secondary N) is 2. The summed E-state index contributed by atoms with van der Waals surface area (Å²) in [6.45, 7) is 1.99. The van der Waals surface area contributed by atoms with Gasteiger partial charge in [-0.2, -0.15) is 0 Å². The number of benzene rings is 2. The van der Waals surface area contributed by atoms with Crippen molar-refractivity contribution in [1.29, 1.82) is 0 Å². The third-order valence-corrected chi connectivity index (χ3v) is 5.73. The number of hydrogen-bond donors (Lipinski definition) is 3. The van der Waals surface area contributed by atoms with Crippen molar-refractivity contribution >= 4 is 51.4 Å². The van der Waals surface area contributed by atoms with Gasteiger partial charge in [-0.05, 0) is 42.7 Å². The maximum Gasteiger partial charge on any atom is 0.191 e. The lowest BCUT2D eigenvalue weighted by molar-refractivity contribution is 0.184. The Hall–Kier alpha value is -1.68. The molecule has 5 nitrogen and oxygen atoms in total. The highest BCUT2D eigenvalue weighted by Gasteiger charge is 2.12. The lowest BCUT2D eigenvalue weighted by Crippen LogP contribution is -2.39. The zero-order chi connectivity index (χ0) is 19.9. The molecule has 0 bridgehead atoms. The van der Waals surface area contributed by atoms with Gasteiger partial charge < -0.3 is 20.6 Å². The van der Waals surface area contributed by atoms with Crippen LogP contribution in [-0.2, 0) is 13.1 Å². The maximum atomic E-state index is 10.6. The van der Waals surface area contributed by atoms with Gasteiger partial charge in [-0.3, -0.25) is 4.99 Å².